The first kappa shape index (κ1) is 25.1. The van der Waals surface area contributed by atoms with Crippen molar-refractivity contribution >= 4 is 22.1 Å². The number of pyridine rings is 1. The zero-order valence-corrected chi connectivity index (χ0v) is 19.8. The fourth-order valence-electron chi connectivity index (χ4n) is 3.90. The molecule has 1 aliphatic heterocycles. The van der Waals surface area contributed by atoms with Gasteiger partial charge in [0.2, 0.25) is 11.1 Å². The van der Waals surface area contributed by atoms with Crippen LogP contribution in [-0.4, -0.2) is 40.6 Å². The minimum atomic E-state index is -4.67. The predicted octanol–water partition coefficient (Wildman–Crippen LogP) is 4.71. The van der Waals surface area contributed by atoms with E-state index < -0.39 is 22.8 Å². The molecule has 1 fully saturated rings. The molecule has 2 aromatic heterocycles. The molecule has 0 N–H and O–H groups in total. The average molecular weight is 510 g/mol. The minimum absolute atomic E-state index is 0.0233. The molecule has 0 saturated carbocycles. The molecule has 3 aromatic rings. The van der Waals surface area contributed by atoms with Crippen molar-refractivity contribution in [3.05, 3.63) is 41.9 Å². The van der Waals surface area contributed by atoms with E-state index in [9.17, 15) is 22.6 Å². The molecule has 0 radical (unpaired) electrons. The average Bonchev–Trinajstić information content (AvgIpc) is 3.27. The van der Waals surface area contributed by atoms with Crippen LogP contribution in [0, 0.1) is 11.3 Å². The Morgan fingerprint density at radius 2 is 2.11 bits per heavy atom. The molecule has 0 amide bonds. The van der Waals surface area contributed by atoms with Crippen LogP contribution in [0.4, 0.5) is 13.2 Å². The summed E-state index contributed by atoms with van der Waals surface area (Å²) in [6, 6.07) is 7.28. The van der Waals surface area contributed by atoms with E-state index in [4.69, 9.17) is 13.7 Å². The summed E-state index contributed by atoms with van der Waals surface area (Å²) in [5, 5.41) is 9.61. The number of hydrogen-bond acceptors (Lipinski definition) is 7. The Kier molecular flexibility index (Phi) is 7.69. The van der Waals surface area contributed by atoms with E-state index in [2.05, 4.69) is 9.97 Å². The van der Waals surface area contributed by atoms with Crippen LogP contribution in [0.15, 0.2) is 30.6 Å². The van der Waals surface area contributed by atoms with Gasteiger partial charge in [-0.25, -0.2) is 9.97 Å². The largest absolute Gasteiger partial charge is 0.493 e. The molecule has 1 aliphatic rings. The van der Waals surface area contributed by atoms with Crippen LogP contribution < -0.4 is 4.74 Å². The highest BCUT2D eigenvalue weighted by molar-refractivity contribution is 7.79. The van der Waals surface area contributed by atoms with Crippen LogP contribution in [0.25, 0.3) is 22.3 Å². The zero-order valence-electron chi connectivity index (χ0n) is 18.9. The summed E-state index contributed by atoms with van der Waals surface area (Å²) in [4.78, 5) is 8.57. The quantitative estimate of drug-likeness (QED) is 0.246. The van der Waals surface area contributed by atoms with E-state index in [1.54, 1.807) is 17.0 Å². The number of alkyl halides is 3. The number of thiol groups is 1. The fourth-order valence-corrected chi connectivity index (χ4v) is 4.29. The standard InChI is InChI=1S/C23H23F3N4O4S/c1-35(31)34-10-4-9-32-20-7-6-15(11-16(20)23(24,25)26)17-12-19-22(18(13-27)29-17)28-14-30(19)21-5-2-3-8-33-21/h6-7,11-12,14,21H,2-5,8-10H2,1H3/p+1. The number of fused-ring (bicyclic) bond motifs is 1. The number of hydrogen-bond donors (Lipinski definition) is 0. The van der Waals surface area contributed by atoms with Gasteiger partial charge in [-0.1, -0.05) is 4.21 Å². The van der Waals surface area contributed by atoms with E-state index >= 15 is 0 Å². The van der Waals surface area contributed by atoms with Gasteiger partial charge in [0, 0.05) is 18.6 Å². The number of nitrogens with zero attached hydrogens (tertiary/aromatic N) is 4. The van der Waals surface area contributed by atoms with Crippen LogP contribution >= 0.6 is 0 Å². The monoisotopic (exact) mass is 509 g/mol. The molecule has 0 bridgehead atoms. The number of nitriles is 1. The summed E-state index contributed by atoms with van der Waals surface area (Å²) in [7, 11) is 0. The molecule has 2 unspecified atom stereocenters. The summed E-state index contributed by atoms with van der Waals surface area (Å²) in [6.07, 6.45) is 1.03. The molecular formula is C23H24F3N4O4S+. The second-order valence-corrected chi connectivity index (χ2v) is 9.13. The Bertz CT molecular complexity index is 1270. The molecular weight excluding hydrogens is 485 g/mol. The van der Waals surface area contributed by atoms with Gasteiger partial charge in [0.1, 0.15) is 36.4 Å². The van der Waals surface area contributed by atoms with Gasteiger partial charge in [-0.3, -0.25) is 0 Å². The van der Waals surface area contributed by atoms with Crippen molar-refractivity contribution in [1.82, 2.24) is 14.5 Å². The predicted molar refractivity (Wildman–Crippen MR) is 123 cm³/mol. The lowest BCUT2D eigenvalue weighted by molar-refractivity contribution is -0.138. The third kappa shape index (κ3) is 5.80. The zero-order chi connectivity index (χ0) is 25.0. The smallest absolute Gasteiger partial charge is 0.419 e. The summed E-state index contributed by atoms with van der Waals surface area (Å²) in [6.45, 7) is 0.687. The van der Waals surface area contributed by atoms with E-state index in [1.807, 2.05) is 6.07 Å². The second-order valence-electron chi connectivity index (χ2n) is 7.99. The van der Waals surface area contributed by atoms with Crippen LogP contribution in [0.2, 0.25) is 0 Å². The highest BCUT2D eigenvalue weighted by Gasteiger charge is 2.35. The SMILES string of the molecule is C[SH+](=O)OCCCOc1ccc(-c2cc3c(ncn3C3CCCCO3)c(C#N)n2)cc1C(F)(F)F. The molecule has 8 nitrogen and oxygen atoms in total. The van der Waals surface area contributed by atoms with Gasteiger partial charge in [-0.15, -0.1) is 0 Å². The van der Waals surface area contributed by atoms with Gasteiger partial charge in [0.25, 0.3) is 0 Å². The Balaban J connectivity index is 1.68. The van der Waals surface area contributed by atoms with Crippen LogP contribution in [-0.2, 0) is 30.4 Å². The Morgan fingerprint density at radius 3 is 2.80 bits per heavy atom. The maximum atomic E-state index is 13.8. The molecule has 0 spiro atoms. The van der Waals surface area contributed by atoms with E-state index in [-0.39, 0.29) is 48.6 Å². The lowest BCUT2D eigenvalue weighted by atomic mass is 10.0. The summed E-state index contributed by atoms with van der Waals surface area (Å²) in [5.74, 6) is -0.329. The molecule has 3 heterocycles. The molecule has 35 heavy (non-hydrogen) atoms. The number of imidazole rings is 1. The number of halogens is 3. The van der Waals surface area contributed by atoms with Crippen LogP contribution in [0.5, 0.6) is 5.75 Å². The van der Waals surface area contributed by atoms with Crippen molar-refractivity contribution in [1.29, 1.82) is 5.26 Å². The second kappa shape index (κ2) is 10.7. The lowest BCUT2D eigenvalue weighted by Crippen LogP contribution is -2.17. The highest BCUT2D eigenvalue weighted by atomic mass is 32.2. The van der Waals surface area contributed by atoms with Crippen molar-refractivity contribution < 1.29 is 31.0 Å². The Hall–Kier alpha value is -3.01. The van der Waals surface area contributed by atoms with Gasteiger partial charge < -0.3 is 14.0 Å². The molecule has 2 atom stereocenters. The van der Waals surface area contributed by atoms with Gasteiger partial charge in [-0.05, 0) is 43.5 Å². The highest BCUT2D eigenvalue weighted by Crippen LogP contribution is 2.39. The Labute approximate surface area is 202 Å². The maximum Gasteiger partial charge on any atom is 0.419 e. The first-order valence-electron chi connectivity index (χ1n) is 11.1. The summed E-state index contributed by atoms with van der Waals surface area (Å²) in [5.41, 5.74) is 0.409. The van der Waals surface area contributed by atoms with Crippen molar-refractivity contribution in [2.75, 3.05) is 26.1 Å². The summed E-state index contributed by atoms with van der Waals surface area (Å²) >= 11 is -1.78. The molecule has 1 aromatic carbocycles. The first-order valence-corrected chi connectivity index (χ1v) is 12.7. The van der Waals surface area contributed by atoms with Gasteiger partial charge in [0.05, 0.1) is 29.7 Å². The van der Waals surface area contributed by atoms with Gasteiger partial charge in [0.15, 0.2) is 5.69 Å². The van der Waals surface area contributed by atoms with Crippen LogP contribution in [0.1, 0.15) is 43.2 Å². The van der Waals surface area contributed by atoms with E-state index in [0.29, 0.717) is 17.6 Å². The van der Waals surface area contributed by atoms with Crippen molar-refractivity contribution in [3.63, 3.8) is 0 Å². The number of benzene rings is 1. The number of rotatable bonds is 8. The van der Waals surface area contributed by atoms with Crippen molar-refractivity contribution in [2.45, 2.75) is 38.1 Å². The summed E-state index contributed by atoms with van der Waals surface area (Å²) < 4.78 is 70.3. The molecule has 0 aliphatic carbocycles. The lowest BCUT2D eigenvalue weighted by Gasteiger charge is -2.24. The van der Waals surface area contributed by atoms with Crippen LogP contribution in [0.3, 0.4) is 0 Å². The topological polar surface area (TPSA) is 99.3 Å². The van der Waals surface area contributed by atoms with Gasteiger partial charge >= 0.3 is 6.18 Å². The van der Waals surface area contributed by atoms with Crippen molar-refractivity contribution in [2.24, 2.45) is 0 Å². The molecule has 12 heteroatoms. The third-order valence-corrected chi connectivity index (χ3v) is 6.08. The molecule has 1 saturated heterocycles. The normalized spacial score (nSPS) is 17.3. The van der Waals surface area contributed by atoms with Gasteiger partial charge in [-0.2, -0.15) is 22.6 Å². The van der Waals surface area contributed by atoms with E-state index in [1.165, 1.54) is 18.4 Å². The molecule has 186 valence electrons. The third-order valence-electron chi connectivity index (χ3n) is 5.53. The maximum absolute atomic E-state index is 13.8. The molecule has 4 rings (SSSR count). The first-order chi connectivity index (χ1) is 16.8. The van der Waals surface area contributed by atoms with E-state index in [0.717, 1.165) is 25.3 Å². The van der Waals surface area contributed by atoms with Crippen molar-refractivity contribution in [3.8, 4) is 23.1 Å². The fraction of sp³-hybridized carbons (Fsp3) is 0.435. The minimum Gasteiger partial charge on any atom is -0.493 e. The number of aromatic nitrogens is 3. The number of ether oxygens (including phenoxy) is 2. The Morgan fingerprint density at radius 1 is 1.29 bits per heavy atom.